The van der Waals surface area contributed by atoms with E-state index in [9.17, 15) is 4.79 Å². The first-order valence-electron chi connectivity index (χ1n) is 6.06. The highest BCUT2D eigenvalue weighted by atomic mass is 32.2. The van der Waals surface area contributed by atoms with Crippen LogP contribution in [0.2, 0.25) is 0 Å². The minimum absolute atomic E-state index is 0.113. The quantitative estimate of drug-likeness (QED) is 0.813. The molecule has 100 valence electrons. The number of thiazole rings is 1. The Bertz CT molecular complexity index is 549. The number of nitrogens with zero attached hydrogens (tertiary/aromatic N) is 1. The number of aromatic carboxylic acids is 1. The molecule has 5 heteroatoms. The average molecular weight is 293 g/mol. The number of carbonyl (C=O) groups is 1. The van der Waals surface area contributed by atoms with E-state index in [1.807, 2.05) is 23.9 Å². The molecular weight excluding hydrogens is 278 g/mol. The number of carboxylic acid groups (broad SMARTS) is 1. The number of rotatable bonds is 6. The lowest BCUT2D eigenvalue weighted by Gasteiger charge is -2.02. The predicted octanol–water partition coefficient (Wildman–Crippen LogP) is 4.15. The summed E-state index contributed by atoms with van der Waals surface area (Å²) in [5.41, 5.74) is 2.38. The first kappa shape index (κ1) is 14.1. The van der Waals surface area contributed by atoms with Crippen LogP contribution in [0.1, 0.15) is 29.4 Å². The Hall–Kier alpha value is -1.33. The van der Waals surface area contributed by atoms with Gasteiger partial charge in [-0.25, -0.2) is 9.78 Å². The lowest BCUT2D eigenvalue weighted by atomic mass is 10.2. The van der Waals surface area contributed by atoms with Gasteiger partial charge >= 0.3 is 5.97 Å². The maximum atomic E-state index is 10.8. The van der Waals surface area contributed by atoms with E-state index in [2.05, 4.69) is 24.0 Å². The summed E-state index contributed by atoms with van der Waals surface area (Å²) in [6.07, 6.45) is 1.19. The lowest BCUT2D eigenvalue weighted by molar-refractivity contribution is 0.0691. The van der Waals surface area contributed by atoms with E-state index in [4.69, 9.17) is 5.11 Å². The summed E-state index contributed by atoms with van der Waals surface area (Å²) in [6, 6.07) is 8.18. The molecule has 2 aromatic rings. The van der Waals surface area contributed by atoms with Gasteiger partial charge in [-0.3, -0.25) is 0 Å². The minimum atomic E-state index is -0.977. The number of thioether (sulfide) groups is 1. The van der Waals surface area contributed by atoms with Crippen LogP contribution in [0.15, 0.2) is 29.6 Å². The van der Waals surface area contributed by atoms with Gasteiger partial charge in [-0.2, -0.15) is 11.8 Å². The fourth-order valence-corrected chi connectivity index (χ4v) is 3.24. The van der Waals surface area contributed by atoms with E-state index in [0.29, 0.717) is 0 Å². The van der Waals surface area contributed by atoms with Crippen molar-refractivity contribution in [3.63, 3.8) is 0 Å². The highest BCUT2D eigenvalue weighted by molar-refractivity contribution is 7.98. The molecule has 0 aliphatic rings. The molecule has 0 spiro atoms. The molecule has 19 heavy (non-hydrogen) atoms. The topological polar surface area (TPSA) is 50.2 Å². The minimum Gasteiger partial charge on any atom is -0.476 e. The summed E-state index contributed by atoms with van der Waals surface area (Å²) in [6.45, 7) is 2.18. The smallest absolute Gasteiger partial charge is 0.355 e. The summed E-state index contributed by atoms with van der Waals surface area (Å²) in [5.74, 6) is 1.22. The van der Waals surface area contributed by atoms with Gasteiger partial charge in [-0.1, -0.05) is 31.2 Å². The van der Waals surface area contributed by atoms with Gasteiger partial charge in [0, 0.05) is 16.7 Å². The monoisotopic (exact) mass is 293 g/mol. The molecule has 0 amide bonds. The van der Waals surface area contributed by atoms with Crippen molar-refractivity contribution in [3.8, 4) is 10.6 Å². The third-order valence-electron chi connectivity index (χ3n) is 2.54. The van der Waals surface area contributed by atoms with Crippen molar-refractivity contribution in [1.82, 2.24) is 4.98 Å². The number of hydrogen-bond donors (Lipinski definition) is 1. The summed E-state index contributed by atoms with van der Waals surface area (Å²) in [7, 11) is 0. The first-order chi connectivity index (χ1) is 9.20. The van der Waals surface area contributed by atoms with Crippen LogP contribution in [0.5, 0.6) is 0 Å². The standard InChI is InChI=1S/C14H15NO2S2/c1-2-7-18-8-10-3-5-11(6-4-10)13-15-12(9-19-13)14(16)17/h3-6,9H,2,7-8H2,1H3,(H,16,17). The Labute approximate surface area is 120 Å². The van der Waals surface area contributed by atoms with Gasteiger partial charge in [0.2, 0.25) is 0 Å². The van der Waals surface area contributed by atoms with E-state index >= 15 is 0 Å². The van der Waals surface area contributed by atoms with Crippen molar-refractivity contribution < 1.29 is 9.90 Å². The van der Waals surface area contributed by atoms with Gasteiger partial charge in [-0.15, -0.1) is 11.3 Å². The normalized spacial score (nSPS) is 10.6. The van der Waals surface area contributed by atoms with Crippen LogP contribution >= 0.6 is 23.1 Å². The summed E-state index contributed by atoms with van der Waals surface area (Å²) < 4.78 is 0. The van der Waals surface area contributed by atoms with Crippen LogP contribution in [0.25, 0.3) is 10.6 Å². The van der Waals surface area contributed by atoms with Gasteiger partial charge in [0.25, 0.3) is 0 Å². The lowest BCUT2D eigenvalue weighted by Crippen LogP contribution is -1.95. The fraction of sp³-hybridized carbons (Fsp3) is 0.286. The Morgan fingerprint density at radius 2 is 2.11 bits per heavy atom. The Morgan fingerprint density at radius 1 is 1.37 bits per heavy atom. The Morgan fingerprint density at radius 3 is 2.68 bits per heavy atom. The number of hydrogen-bond acceptors (Lipinski definition) is 4. The van der Waals surface area contributed by atoms with Gasteiger partial charge in [-0.05, 0) is 17.7 Å². The molecule has 0 saturated carbocycles. The van der Waals surface area contributed by atoms with Crippen LogP contribution in [-0.2, 0) is 5.75 Å². The van der Waals surface area contributed by atoms with Gasteiger partial charge < -0.3 is 5.11 Å². The highest BCUT2D eigenvalue weighted by Gasteiger charge is 2.09. The van der Waals surface area contributed by atoms with Crippen molar-refractivity contribution in [2.75, 3.05) is 5.75 Å². The number of carboxylic acids is 1. The molecule has 1 N–H and O–H groups in total. The molecule has 1 heterocycles. The summed E-state index contributed by atoms with van der Waals surface area (Å²) in [4.78, 5) is 14.9. The van der Waals surface area contributed by atoms with Crippen LogP contribution in [0.3, 0.4) is 0 Å². The van der Waals surface area contributed by atoms with E-state index in [1.54, 1.807) is 5.38 Å². The van der Waals surface area contributed by atoms with Crippen LogP contribution in [-0.4, -0.2) is 21.8 Å². The zero-order valence-electron chi connectivity index (χ0n) is 10.6. The van der Waals surface area contributed by atoms with E-state index in [1.165, 1.54) is 29.1 Å². The molecule has 2 rings (SSSR count). The molecule has 1 aromatic carbocycles. The molecule has 0 saturated heterocycles. The second kappa shape index (κ2) is 6.73. The Kier molecular flexibility index (Phi) is 4.99. The van der Waals surface area contributed by atoms with Gasteiger partial charge in [0.05, 0.1) is 0 Å². The number of benzene rings is 1. The first-order valence-corrected chi connectivity index (χ1v) is 8.10. The van der Waals surface area contributed by atoms with Crippen molar-refractivity contribution in [2.45, 2.75) is 19.1 Å². The second-order valence-electron chi connectivity index (χ2n) is 4.09. The molecule has 0 aliphatic carbocycles. The third-order valence-corrected chi connectivity index (χ3v) is 4.67. The molecular formula is C14H15NO2S2. The van der Waals surface area contributed by atoms with Crippen molar-refractivity contribution in [3.05, 3.63) is 40.9 Å². The second-order valence-corrected chi connectivity index (χ2v) is 6.06. The molecule has 0 bridgehead atoms. The summed E-state index contributed by atoms with van der Waals surface area (Å²) >= 11 is 3.29. The molecule has 0 aliphatic heterocycles. The fourth-order valence-electron chi connectivity index (χ4n) is 1.58. The molecule has 0 unspecified atom stereocenters. The average Bonchev–Trinajstić information content (AvgIpc) is 2.90. The highest BCUT2D eigenvalue weighted by Crippen LogP contribution is 2.25. The molecule has 0 radical (unpaired) electrons. The SMILES string of the molecule is CCCSCc1ccc(-c2nc(C(=O)O)cs2)cc1. The van der Waals surface area contributed by atoms with E-state index < -0.39 is 5.97 Å². The van der Waals surface area contributed by atoms with Crippen LogP contribution in [0, 0.1) is 0 Å². The molecule has 0 atom stereocenters. The zero-order chi connectivity index (χ0) is 13.7. The van der Waals surface area contributed by atoms with Crippen LogP contribution < -0.4 is 0 Å². The van der Waals surface area contributed by atoms with Crippen molar-refractivity contribution in [1.29, 1.82) is 0 Å². The zero-order valence-corrected chi connectivity index (χ0v) is 12.3. The van der Waals surface area contributed by atoms with Crippen molar-refractivity contribution in [2.24, 2.45) is 0 Å². The molecule has 1 aromatic heterocycles. The van der Waals surface area contributed by atoms with E-state index in [0.717, 1.165) is 16.3 Å². The molecule has 3 nitrogen and oxygen atoms in total. The van der Waals surface area contributed by atoms with Gasteiger partial charge in [0.1, 0.15) is 5.01 Å². The van der Waals surface area contributed by atoms with Crippen molar-refractivity contribution >= 4 is 29.1 Å². The maximum absolute atomic E-state index is 10.8. The molecule has 0 fully saturated rings. The number of aromatic nitrogens is 1. The van der Waals surface area contributed by atoms with Gasteiger partial charge in [0.15, 0.2) is 5.69 Å². The Balaban J connectivity index is 2.06. The largest absolute Gasteiger partial charge is 0.476 e. The summed E-state index contributed by atoms with van der Waals surface area (Å²) in [5, 5.41) is 11.2. The maximum Gasteiger partial charge on any atom is 0.355 e. The third kappa shape index (κ3) is 3.81. The van der Waals surface area contributed by atoms with Crippen LogP contribution in [0.4, 0.5) is 0 Å². The van der Waals surface area contributed by atoms with E-state index in [-0.39, 0.29) is 5.69 Å². The predicted molar refractivity (Wildman–Crippen MR) is 81.0 cm³/mol.